The average molecular weight is 254 g/mol. The number of hydrogen-bond donors (Lipinski definition) is 2. The summed E-state index contributed by atoms with van der Waals surface area (Å²) in [6.07, 6.45) is 0. The fourth-order valence-corrected chi connectivity index (χ4v) is 1.96. The number of fused-ring (bicyclic) bond motifs is 1. The molecule has 1 aliphatic rings. The molecule has 2 aromatic carbocycles. The van der Waals surface area contributed by atoms with Crippen LogP contribution in [0.15, 0.2) is 48.5 Å². The van der Waals surface area contributed by atoms with Gasteiger partial charge in [0.25, 0.3) is 11.8 Å². The van der Waals surface area contributed by atoms with Crippen LogP contribution in [0, 0.1) is 0 Å². The Morgan fingerprint density at radius 3 is 1.89 bits per heavy atom. The molecule has 0 saturated heterocycles. The molecule has 5 heteroatoms. The molecular formula is C14H10N2O3. The van der Waals surface area contributed by atoms with Crippen molar-refractivity contribution in [3.8, 4) is 5.75 Å². The molecule has 0 aliphatic carbocycles. The Balaban J connectivity index is 1.90. The van der Waals surface area contributed by atoms with Gasteiger partial charge in [0.2, 0.25) is 0 Å². The second kappa shape index (κ2) is 4.13. The van der Waals surface area contributed by atoms with E-state index in [1.165, 1.54) is 12.1 Å². The lowest BCUT2D eigenvalue weighted by molar-refractivity contribution is 0.0691. The van der Waals surface area contributed by atoms with E-state index >= 15 is 0 Å². The summed E-state index contributed by atoms with van der Waals surface area (Å²) in [6, 6.07) is 12.8. The molecule has 19 heavy (non-hydrogen) atoms. The number of phenolic OH excluding ortho intramolecular Hbond substituents is 1. The Kier molecular flexibility index (Phi) is 2.45. The number of amides is 2. The van der Waals surface area contributed by atoms with Gasteiger partial charge in [-0.15, -0.1) is 0 Å². The van der Waals surface area contributed by atoms with Crippen molar-refractivity contribution < 1.29 is 14.7 Å². The number of anilines is 1. The van der Waals surface area contributed by atoms with E-state index in [9.17, 15) is 14.7 Å². The van der Waals surface area contributed by atoms with Gasteiger partial charge in [0, 0.05) is 0 Å². The van der Waals surface area contributed by atoms with Crippen LogP contribution in [0.4, 0.5) is 5.69 Å². The van der Waals surface area contributed by atoms with E-state index in [4.69, 9.17) is 0 Å². The highest BCUT2D eigenvalue weighted by Gasteiger charge is 2.35. The van der Waals surface area contributed by atoms with Crippen molar-refractivity contribution in [2.45, 2.75) is 0 Å². The summed E-state index contributed by atoms with van der Waals surface area (Å²) in [5, 5.41) is 10.2. The van der Waals surface area contributed by atoms with E-state index in [0.717, 1.165) is 5.01 Å². The molecule has 5 nitrogen and oxygen atoms in total. The summed E-state index contributed by atoms with van der Waals surface area (Å²) in [5.41, 5.74) is 4.06. The van der Waals surface area contributed by atoms with Crippen LogP contribution < -0.4 is 5.43 Å². The first-order valence-electron chi connectivity index (χ1n) is 5.70. The van der Waals surface area contributed by atoms with Gasteiger partial charge in [-0.3, -0.25) is 15.0 Å². The highest BCUT2D eigenvalue weighted by atomic mass is 16.3. The zero-order valence-electron chi connectivity index (χ0n) is 9.83. The molecule has 0 spiro atoms. The quantitative estimate of drug-likeness (QED) is 0.635. The first-order valence-corrected chi connectivity index (χ1v) is 5.70. The lowest BCUT2D eigenvalue weighted by Gasteiger charge is -2.16. The highest BCUT2D eigenvalue weighted by Crippen LogP contribution is 2.23. The van der Waals surface area contributed by atoms with Gasteiger partial charge in [0.05, 0.1) is 16.8 Å². The maximum Gasteiger partial charge on any atom is 0.280 e. The van der Waals surface area contributed by atoms with Crippen LogP contribution in [0.1, 0.15) is 20.7 Å². The first kappa shape index (κ1) is 11.3. The fraction of sp³-hybridized carbons (Fsp3) is 0. The van der Waals surface area contributed by atoms with E-state index in [2.05, 4.69) is 5.43 Å². The minimum atomic E-state index is -0.381. The number of nitrogens with one attached hydrogen (secondary N) is 1. The number of rotatable bonds is 2. The van der Waals surface area contributed by atoms with Crippen LogP contribution in [0.25, 0.3) is 0 Å². The number of carbonyl (C=O) groups is 2. The van der Waals surface area contributed by atoms with Crippen LogP contribution in [0.5, 0.6) is 5.75 Å². The number of aromatic hydroxyl groups is 1. The van der Waals surface area contributed by atoms with Gasteiger partial charge in [-0.05, 0) is 36.4 Å². The molecule has 0 unspecified atom stereocenters. The molecule has 2 aromatic rings. The molecule has 1 aliphatic heterocycles. The number of carbonyl (C=O) groups excluding carboxylic acids is 2. The summed E-state index contributed by atoms with van der Waals surface area (Å²) in [4.78, 5) is 24.1. The Morgan fingerprint density at radius 2 is 1.37 bits per heavy atom. The average Bonchev–Trinajstić information content (AvgIpc) is 2.67. The number of imide groups is 1. The van der Waals surface area contributed by atoms with Crippen molar-refractivity contribution in [1.82, 2.24) is 5.01 Å². The van der Waals surface area contributed by atoms with E-state index < -0.39 is 0 Å². The lowest BCUT2D eigenvalue weighted by Crippen LogP contribution is -2.35. The molecule has 0 radical (unpaired) electrons. The second-order valence-corrected chi connectivity index (χ2v) is 4.15. The van der Waals surface area contributed by atoms with Crippen LogP contribution in [0.2, 0.25) is 0 Å². The topological polar surface area (TPSA) is 69.6 Å². The Bertz CT molecular complexity index is 630. The van der Waals surface area contributed by atoms with Gasteiger partial charge in [-0.1, -0.05) is 12.1 Å². The molecule has 2 amide bonds. The van der Waals surface area contributed by atoms with Gasteiger partial charge >= 0.3 is 0 Å². The first-order chi connectivity index (χ1) is 9.16. The predicted octanol–water partition coefficient (Wildman–Crippen LogP) is 2.02. The zero-order chi connectivity index (χ0) is 13.4. The highest BCUT2D eigenvalue weighted by molar-refractivity contribution is 6.21. The molecule has 0 saturated carbocycles. The summed E-state index contributed by atoms with van der Waals surface area (Å²) in [7, 11) is 0. The third kappa shape index (κ3) is 1.81. The standard InChI is InChI=1S/C14H10N2O3/c17-10-7-5-9(6-8-10)15-16-13(18)11-3-1-2-4-12(11)14(16)19/h1-8,15,17H. The van der Waals surface area contributed by atoms with Crippen LogP contribution >= 0.6 is 0 Å². The van der Waals surface area contributed by atoms with Gasteiger partial charge < -0.3 is 5.11 Å². The molecule has 0 atom stereocenters. The Hall–Kier alpha value is -2.82. The minimum absolute atomic E-state index is 0.118. The molecule has 1 heterocycles. The second-order valence-electron chi connectivity index (χ2n) is 4.15. The third-order valence-electron chi connectivity index (χ3n) is 2.90. The van der Waals surface area contributed by atoms with Crippen LogP contribution in [-0.2, 0) is 0 Å². The minimum Gasteiger partial charge on any atom is -0.508 e. The van der Waals surface area contributed by atoms with Crippen molar-refractivity contribution in [2.24, 2.45) is 0 Å². The molecule has 0 aromatic heterocycles. The van der Waals surface area contributed by atoms with E-state index in [0.29, 0.717) is 16.8 Å². The molecule has 2 N–H and O–H groups in total. The van der Waals surface area contributed by atoms with Crippen molar-refractivity contribution in [3.05, 3.63) is 59.7 Å². The Morgan fingerprint density at radius 1 is 0.842 bits per heavy atom. The fourth-order valence-electron chi connectivity index (χ4n) is 1.96. The number of hydrazine groups is 1. The summed E-state index contributed by atoms with van der Waals surface area (Å²) in [6.45, 7) is 0. The monoisotopic (exact) mass is 254 g/mol. The van der Waals surface area contributed by atoms with Gasteiger partial charge in [-0.2, -0.15) is 5.01 Å². The number of phenols is 1. The van der Waals surface area contributed by atoms with Crippen molar-refractivity contribution in [2.75, 3.05) is 5.43 Å². The largest absolute Gasteiger partial charge is 0.508 e. The summed E-state index contributed by atoms with van der Waals surface area (Å²) >= 11 is 0. The van der Waals surface area contributed by atoms with Gasteiger partial charge in [0.1, 0.15) is 5.75 Å². The third-order valence-corrected chi connectivity index (χ3v) is 2.90. The molecule has 0 fully saturated rings. The van der Waals surface area contributed by atoms with Crippen molar-refractivity contribution >= 4 is 17.5 Å². The zero-order valence-corrected chi connectivity index (χ0v) is 9.83. The molecule has 0 bridgehead atoms. The smallest absolute Gasteiger partial charge is 0.280 e. The van der Waals surface area contributed by atoms with Crippen LogP contribution in [0.3, 0.4) is 0 Å². The molecule has 94 valence electrons. The Labute approximate surface area is 109 Å². The SMILES string of the molecule is O=C1c2ccccc2C(=O)N1Nc1ccc(O)cc1. The molecule has 3 rings (SSSR count). The van der Waals surface area contributed by atoms with Crippen LogP contribution in [-0.4, -0.2) is 21.9 Å². The van der Waals surface area contributed by atoms with Crippen molar-refractivity contribution in [3.63, 3.8) is 0 Å². The van der Waals surface area contributed by atoms with E-state index in [-0.39, 0.29) is 17.6 Å². The summed E-state index contributed by atoms with van der Waals surface area (Å²) < 4.78 is 0. The van der Waals surface area contributed by atoms with E-state index in [1.54, 1.807) is 36.4 Å². The lowest BCUT2D eigenvalue weighted by atomic mass is 10.1. The maximum absolute atomic E-state index is 12.1. The number of nitrogens with zero attached hydrogens (tertiary/aromatic N) is 1. The molecular weight excluding hydrogens is 244 g/mol. The van der Waals surface area contributed by atoms with Gasteiger partial charge in [0.15, 0.2) is 0 Å². The summed E-state index contributed by atoms with van der Waals surface area (Å²) in [5.74, 6) is -0.643. The predicted molar refractivity (Wildman–Crippen MR) is 68.7 cm³/mol. The van der Waals surface area contributed by atoms with Gasteiger partial charge in [-0.25, -0.2) is 0 Å². The number of benzene rings is 2. The normalized spacial score (nSPS) is 13.6. The van der Waals surface area contributed by atoms with Crippen molar-refractivity contribution in [1.29, 1.82) is 0 Å². The number of hydrogen-bond acceptors (Lipinski definition) is 4. The van der Waals surface area contributed by atoms with E-state index in [1.807, 2.05) is 0 Å². The maximum atomic E-state index is 12.1.